The average Bonchev–Trinajstić information content (AvgIpc) is 2.81. The fourth-order valence-corrected chi connectivity index (χ4v) is 2.20. The number of aliphatic hydroxyl groups is 1. The number of amides is 1. The van der Waals surface area contributed by atoms with Gasteiger partial charge in [-0.25, -0.2) is 4.39 Å². The van der Waals surface area contributed by atoms with E-state index in [1.165, 1.54) is 6.07 Å². The van der Waals surface area contributed by atoms with Crippen LogP contribution < -0.4 is 10.1 Å². The maximum atomic E-state index is 13.5. The van der Waals surface area contributed by atoms with Crippen molar-refractivity contribution in [1.82, 2.24) is 0 Å². The molecule has 2 N–H and O–H groups in total. The van der Waals surface area contributed by atoms with E-state index in [2.05, 4.69) is 10.1 Å². The number of halogens is 3. The van der Waals surface area contributed by atoms with Crippen molar-refractivity contribution in [2.45, 2.75) is 37.9 Å². The van der Waals surface area contributed by atoms with Crippen molar-refractivity contribution in [3.63, 3.8) is 0 Å². The summed E-state index contributed by atoms with van der Waals surface area (Å²) in [5, 5.41) is 12.4. The van der Waals surface area contributed by atoms with Gasteiger partial charge in [-0.05, 0) is 37.8 Å². The van der Waals surface area contributed by atoms with Crippen LogP contribution in [0.1, 0.15) is 25.7 Å². The van der Waals surface area contributed by atoms with Crippen LogP contribution in [0.5, 0.6) is 5.75 Å². The van der Waals surface area contributed by atoms with Crippen LogP contribution >= 0.6 is 0 Å². The van der Waals surface area contributed by atoms with Gasteiger partial charge >= 0.3 is 6.61 Å². The van der Waals surface area contributed by atoms with Crippen molar-refractivity contribution in [1.29, 1.82) is 0 Å². The Labute approximate surface area is 113 Å². The van der Waals surface area contributed by atoms with Crippen molar-refractivity contribution >= 4 is 11.6 Å². The van der Waals surface area contributed by atoms with E-state index in [1.807, 2.05) is 0 Å². The number of benzene rings is 1. The highest BCUT2D eigenvalue weighted by Crippen LogP contribution is 2.31. The van der Waals surface area contributed by atoms with Gasteiger partial charge in [-0.3, -0.25) is 4.79 Å². The number of carbonyl (C=O) groups is 1. The van der Waals surface area contributed by atoms with Gasteiger partial charge in [0.2, 0.25) is 0 Å². The number of hydrogen-bond donors (Lipinski definition) is 2. The zero-order chi connectivity index (χ0) is 14.8. The monoisotopic (exact) mass is 289 g/mol. The minimum absolute atomic E-state index is 0.0782. The normalized spacial score (nSPS) is 17.2. The molecular formula is C13H14F3NO3. The first-order chi connectivity index (χ1) is 9.40. The summed E-state index contributed by atoms with van der Waals surface area (Å²) in [6.07, 6.45) is 2.21. The molecule has 0 heterocycles. The van der Waals surface area contributed by atoms with E-state index in [4.69, 9.17) is 0 Å². The highest BCUT2D eigenvalue weighted by atomic mass is 19.3. The average molecular weight is 289 g/mol. The van der Waals surface area contributed by atoms with Crippen LogP contribution in [0.2, 0.25) is 0 Å². The first-order valence-electron chi connectivity index (χ1n) is 6.19. The van der Waals surface area contributed by atoms with E-state index in [1.54, 1.807) is 0 Å². The Morgan fingerprint density at radius 3 is 2.55 bits per heavy atom. The number of ether oxygens (including phenoxy) is 1. The Balaban J connectivity index is 2.06. The van der Waals surface area contributed by atoms with Crippen LogP contribution in [0.25, 0.3) is 0 Å². The molecule has 0 aromatic heterocycles. The predicted molar refractivity (Wildman–Crippen MR) is 65.1 cm³/mol. The van der Waals surface area contributed by atoms with Gasteiger partial charge in [0.1, 0.15) is 5.60 Å². The predicted octanol–water partition coefficient (Wildman–Crippen LogP) is 2.67. The number of alkyl halides is 2. The number of rotatable bonds is 4. The molecule has 1 fully saturated rings. The highest BCUT2D eigenvalue weighted by molar-refractivity contribution is 5.97. The third-order valence-electron chi connectivity index (χ3n) is 3.26. The molecular weight excluding hydrogens is 275 g/mol. The molecule has 0 atom stereocenters. The van der Waals surface area contributed by atoms with Gasteiger partial charge in [0.15, 0.2) is 11.6 Å². The second-order valence-corrected chi connectivity index (χ2v) is 4.72. The lowest BCUT2D eigenvalue weighted by atomic mass is 10.0. The fourth-order valence-electron chi connectivity index (χ4n) is 2.20. The van der Waals surface area contributed by atoms with Gasteiger partial charge in [0.25, 0.3) is 5.91 Å². The zero-order valence-corrected chi connectivity index (χ0v) is 10.5. The molecule has 4 nitrogen and oxygen atoms in total. The molecule has 1 amide bonds. The molecule has 1 aromatic rings. The molecule has 20 heavy (non-hydrogen) atoms. The smallest absolute Gasteiger partial charge is 0.387 e. The molecule has 110 valence electrons. The van der Waals surface area contributed by atoms with Gasteiger partial charge in [-0.15, -0.1) is 0 Å². The largest absolute Gasteiger partial charge is 0.432 e. The van der Waals surface area contributed by atoms with Crippen molar-refractivity contribution < 1.29 is 27.8 Å². The van der Waals surface area contributed by atoms with Crippen LogP contribution in [0.15, 0.2) is 18.2 Å². The summed E-state index contributed by atoms with van der Waals surface area (Å²) in [5.41, 5.74) is -1.36. The van der Waals surface area contributed by atoms with Crippen molar-refractivity contribution in [2.75, 3.05) is 5.32 Å². The number of nitrogens with one attached hydrogen (secondary N) is 1. The molecule has 1 saturated carbocycles. The summed E-state index contributed by atoms with van der Waals surface area (Å²) in [4.78, 5) is 11.9. The first kappa shape index (κ1) is 14.6. The third-order valence-corrected chi connectivity index (χ3v) is 3.26. The summed E-state index contributed by atoms with van der Waals surface area (Å²) in [6, 6.07) is 3.10. The third kappa shape index (κ3) is 3.22. The molecule has 0 bridgehead atoms. The molecule has 1 aliphatic carbocycles. The lowest BCUT2D eigenvalue weighted by molar-refractivity contribution is -0.133. The Hall–Kier alpha value is -1.76. The number of anilines is 1. The summed E-state index contributed by atoms with van der Waals surface area (Å²) in [7, 11) is 0. The van der Waals surface area contributed by atoms with Gasteiger partial charge in [-0.1, -0.05) is 0 Å². The van der Waals surface area contributed by atoms with E-state index < -0.39 is 29.7 Å². The second kappa shape index (κ2) is 5.70. The Kier molecular flexibility index (Phi) is 4.17. The molecule has 0 spiro atoms. The molecule has 1 aliphatic rings. The molecule has 0 saturated heterocycles. The minimum Gasteiger partial charge on any atom is -0.432 e. The minimum atomic E-state index is -3.12. The Bertz CT molecular complexity index is 502. The van der Waals surface area contributed by atoms with Gasteiger partial charge in [0.05, 0.1) is 0 Å². The lowest BCUT2D eigenvalue weighted by Gasteiger charge is -2.21. The zero-order valence-electron chi connectivity index (χ0n) is 10.5. The molecule has 2 rings (SSSR count). The Morgan fingerprint density at radius 2 is 2.00 bits per heavy atom. The van der Waals surface area contributed by atoms with Crippen molar-refractivity contribution in [2.24, 2.45) is 0 Å². The standard InChI is InChI=1S/C13H14F3NO3/c14-9-7-8(3-4-10(9)20-12(15)16)17-11(18)13(19)5-1-2-6-13/h3-4,7,12,19H,1-2,5-6H2,(H,17,18). The Morgan fingerprint density at radius 1 is 1.35 bits per heavy atom. The SMILES string of the molecule is O=C(Nc1ccc(OC(F)F)c(F)c1)C1(O)CCCC1. The molecule has 0 radical (unpaired) electrons. The van der Waals surface area contributed by atoms with Crippen LogP contribution in [0.4, 0.5) is 18.9 Å². The quantitative estimate of drug-likeness (QED) is 0.896. The van der Waals surface area contributed by atoms with E-state index in [9.17, 15) is 23.1 Å². The summed E-state index contributed by atoms with van der Waals surface area (Å²) < 4.78 is 41.4. The van der Waals surface area contributed by atoms with Crippen LogP contribution in [0, 0.1) is 5.82 Å². The van der Waals surface area contributed by atoms with E-state index in [-0.39, 0.29) is 5.69 Å². The summed E-state index contributed by atoms with van der Waals surface area (Å²) >= 11 is 0. The van der Waals surface area contributed by atoms with Crippen LogP contribution in [0.3, 0.4) is 0 Å². The topological polar surface area (TPSA) is 58.6 Å². The molecule has 1 aromatic carbocycles. The lowest BCUT2D eigenvalue weighted by Crippen LogP contribution is -2.40. The molecule has 7 heteroatoms. The second-order valence-electron chi connectivity index (χ2n) is 4.72. The number of carbonyl (C=O) groups excluding carboxylic acids is 1. The maximum Gasteiger partial charge on any atom is 0.387 e. The van der Waals surface area contributed by atoms with Gasteiger partial charge < -0.3 is 15.2 Å². The fraction of sp³-hybridized carbons (Fsp3) is 0.462. The molecule has 0 unspecified atom stereocenters. The van der Waals surface area contributed by atoms with Gasteiger partial charge in [-0.2, -0.15) is 8.78 Å². The van der Waals surface area contributed by atoms with E-state index >= 15 is 0 Å². The summed E-state index contributed by atoms with van der Waals surface area (Å²) in [5.74, 6) is -2.23. The van der Waals surface area contributed by atoms with Crippen molar-refractivity contribution in [3.8, 4) is 5.75 Å². The maximum absolute atomic E-state index is 13.5. The van der Waals surface area contributed by atoms with E-state index in [0.29, 0.717) is 12.8 Å². The molecule has 0 aliphatic heterocycles. The first-order valence-corrected chi connectivity index (χ1v) is 6.19. The summed E-state index contributed by atoms with van der Waals surface area (Å²) in [6.45, 7) is -3.12. The van der Waals surface area contributed by atoms with Gasteiger partial charge in [0, 0.05) is 11.8 Å². The number of hydrogen-bond acceptors (Lipinski definition) is 3. The van der Waals surface area contributed by atoms with Crippen molar-refractivity contribution in [3.05, 3.63) is 24.0 Å². The van der Waals surface area contributed by atoms with E-state index in [0.717, 1.165) is 25.0 Å². The highest BCUT2D eigenvalue weighted by Gasteiger charge is 2.38. The van der Waals surface area contributed by atoms with Crippen LogP contribution in [-0.2, 0) is 4.79 Å². The van der Waals surface area contributed by atoms with Crippen LogP contribution in [-0.4, -0.2) is 23.2 Å².